The summed E-state index contributed by atoms with van der Waals surface area (Å²) in [6.07, 6.45) is 4.95. The summed E-state index contributed by atoms with van der Waals surface area (Å²) >= 11 is 0. The van der Waals surface area contributed by atoms with Crippen molar-refractivity contribution in [2.24, 2.45) is 0 Å². The molecular weight excluding hydrogens is 340 g/mol. The molecule has 1 saturated heterocycles. The van der Waals surface area contributed by atoms with E-state index in [2.05, 4.69) is 20.9 Å². The minimum absolute atomic E-state index is 0.0440. The number of pyridine rings is 1. The first-order valence-electron chi connectivity index (χ1n) is 8.75. The molecule has 3 aromatic rings. The Morgan fingerprint density at radius 3 is 2.56 bits per heavy atom. The zero-order valence-electron chi connectivity index (χ0n) is 14.7. The van der Waals surface area contributed by atoms with Crippen LogP contribution in [0.3, 0.4) is 0 Å². The molecule has 0 spiro atoms. The van der Waals surface area contributed by atoms with E-state index in [0.29, 0.717) is 43.3 Å². The average Bonchev–Trinajstić information content (AvgIpc) is 3.24. The molecule has 0 bridgehead atoms. The molecule has 0 aliphatic carbocycles. The van der Waals surface area contributed by atoms with Crippen molar-refractivity contribution >= 4 is 11.7 Å². The van der Waals surface area contributed by atoms with Crippen molar-refractivity contribution in [3.8, 4) is 11.8 Å². The van der Waals surface area contributed by atoms with Crippen molar-refractivity contribution in [3.05, 3.63) is 72.4 Å². The molecule has 0 saturated carbocycles. The Balaban J connectivity index is 1.49. The number of nitriles is 1. The first-order chi connectivity index (χ1) is 13.3. The quantitative estimate of drug-likeness (QED) is 0.716. The van der Waals surface area contributed by atoms with Crippen molar-refractivity contribution in [1.29, 1.82) is 5.26 Å². The van der Waals surface area contributed by atoms with Gasteiger partial charge in [-0.15, -0.1) is 0 Å². The van der Waals surface area contributed by atoms with Gasteiger partial charge in [-0.25, -0.2) is 9.97 Å². The van der Waals surface area contributed by atoms with Crippen LogP contribution in [0.2, 0.25) is 0 Å². The number of piperazine rings is 1. The van der Waals surface area contributed by atoms with Gasteiger partial charge < -0.3 is 9.80 Å². The molecule has 4 rings (SSSR count). The summed E-state index contributed by atoms with van der Waals surface area (Å²) in [4.78, 5) is 25.4. The molecule has 3 heterocycles. The van der Waals surface area contributed by atoms with E-state index in [0.717, 1.165) is 5.69 Å². The number of para-hydroxylation sites is 1. The number of hydrogen-bond acceptors (Lipinski definition) is 5. The maximum Gasteiger partial charge on any atom is 0.272 e. The lowest BCUT2D eigenvalue weighted by atomic mass is 10.2. The SMILES string of the molecule is N#Cc1cccnc1N1CCN(C(=O)c2cncn2-c2ccccc2)CC1. The van der Waals surface area contributed by atoms with Gasteiger partial charge in [-0.05, 0) is 24.3 Å². The second-order valence-electron chi connectivity index (χ2n) is 6.25. The normalized spacial score (nSPS) is 14.0. The number of benzene rings is 1. The van der Waals surface area contributed by atoms with E-state index in [1.807, 2.05) is 35.2 Å². The van der Waals surface area contributed by atoms with Crippen LogP contribution >= 0.6 is 0 Å². The van der Waals surface area contributed by atoms with Gasteiger partial charge in [0.05, 0.1) is 18.1 Å². The summed E-state index contributed by atoms with van der Waals surface area (Å²) < 4.78 is 1.81. The highest BCUT2D eigenvalue weighted by atomic mass is 16.2. The topological polar surface area (TPSA) is 78.1 Å². The van der Waals surface area contributed by atoms with Crippen LogP contribution in [-0.2, 0) is 0 Å². The Morgan fingerprint density at radius 1 is 1.04 bits per heavy atom. The van der Waals surface area contributed by atoms with Crippen LogP contribution in [0.25, 0.3) is 5.69 Å². The van der Waals surface area contributed by atoms with Crippen LogP contribution < -0.4 is 4.90 Å². The first kappa shape index (κ1) is 16.8. The lowest BCUT2D eigenvalue weighted by Crippen LogP contribution is -2.49. The van der Waals surface area contributed by atoms with E-state index in [1.54, 1.807) is 35.4 Å². The highest BCUT2D eigenvalue weighted by Crippen LogP contribution is 2.19. The number of aromatic nitrogens is 3. The largest absolute Gasteiger partial charge is 0.352 e. The molecule has 0 radical (unpaired) electrons. The Labute approximate surface area is 157 Å². The zero-order chi connectivity index (χ0) is 18.6. The van der Waals surface area contributed by atoms with Gasteiger partial charge in [-0.2, -0.15) is 5.26 Å². The highest BCUT2D eigenvalue weighted by molar-refractivity contribution is 5.93. The van der Waals surface area contributed by atoms with E-state index in [4.69, 9.17) is 0 Å². The van der Waals surface area contributed by atoms with Gasteiger partial charge in [0.15, 0.2) is 0 Å². The Kier molecular flexibility index (Phi) is 4.54. The van der Waals surface area contributed by atoms with Gasteiger partial charge in [0.25, 0.3) is 5.91 Å². The third-order valence-corrected chi connectivity index (χ3v) is 4.67. The fraction of sp³-hybridized carbons (Fsp3) is 0.200. The Hall–Kier alpha value is -3.66. The molecular formula is C20H18N6O. The van der Waals surface area contributed by atoms with Crippen LogP contribution in [0.15, 0.2) is 61.2 Å². The number of anilines is 1. The summed E-state index contributed by atoms with van der Waals surface area (Å²) in [5, 5.41) is 9.26. The molecule has 1 aliphatic heterocycles. The van der Waals surface area contributed by atoms with Gasteiger partial charge in [-0.3, -0.25) is 9.36 Å². The molecule has 0 unspecified atom stereocenters. The molecule has 27 heavy (non-hydrogen) atoms. The summed E-state index contributed by atoms with van der Waals surface area (Å²) in [7, 11) is 0. The second kappa shape index (κ2) is 7.30. The molecule has 2 aromatic heterocycles. The Morgan fingerprint density at radius 2 is 1.81 bits per heavy atom. The fourth-order valence-corrected chi connectivity index (χ4v) is 3.27. The van der Waals surface area contributed by atoms with Crippen LogP contribution in [0.5, 0.6) is 0 Å². The summed E-state index contributed by atoms with van der Waals surface area (Å²) in [5.74, 6) is 0.638. The fourth-order valence-electron chi connectivity index (χ4n) is 3.27. The minimum atomic E-state index is -0.0440. The molecule has 134 valence electrons. The van der Waals surface area contributed by atoms with Crippen LogP contribution in [0, 0.1) is 11.3 Å². The van der Waals surface area contributed by atoms with Crippen LogP contribution in [0.4, 0.5) is 5.82 Å². The van der Waals surface area contributed by atoms with Gasteiger partial charge in [0, 0.05) is 38.1 Å². The van der Waals surface area contributed by atoms with Gasteiger partial charge >= 0.3 is 0 Å². The maximum absolute atomic E-state index is 13.0. The van der Waals surface area contributed by atoms with E-state index in [-0.39, 0.29) is 5.91 Å². The van der Waals surface area contributed by atoms with E-state index in [9.17, 15) is 10.1 Å². The van der Waals surface area contributed by atoms with Crippen molar-refractivity contribution in [2.75, 3.05) is 31.1 Å². The van der Waals surface area contributed by atoms with Crippen LogP contribution in [-0.4, -0.2) is 51.5 Å². The van der Waals surface area contributed by atoms with Gasteiger partial charge in [0.1, 0.15) is 17.6 Å². The molecule has 1 aromatic carbocycles. The monoisotopic (exact) mass is 358 g/mol. The molecule has 1 aliphatic rings. The Bertz CT molecular complexity index is 983. The first-order valence-corrected chi connectivity index (χ1v) is 8.75. The van der Waals surface area contributed by atoms with Crippen molar-refractivity contribution in [1.82, 2.24) is 19.4 Å². The number of carbonyl (C=O) groups excluding carboxylic acids is 1. The smallest absolute Gasteiger partial charge is 0.272 e. The predicted octanol–water partition coefficient (Wildman–Crippen LogP) is 2.10. The lowest BCUT2D eigenvalue weighted by molar-refractivity contribution is 0.0738. The van der Waals surface area contributed by atoms with Gasteiger partial charge in [-0.1, -0.05) is 18.2 Å². The summed E-state index contributed by atoms with van der Waals surface area (Å²) in [6, 6.07) is 15.4. The van der Waals surface area contributed by atoms with E-state index >= 15 is 0 Å². The van der Waals surface area contributed by atoms with Crippen LogP contribution in [0.1, 0.15) is 16.1 Å². The number of nitrogens with zero attached hydrogens (tertiary/aromatic N) is 6. The predicted molar refractivity (Wildman–Crippen MR) is 101 cm³/mol. The average molecular weight is 358 g/mol. The van der Waals surface area contributed by atoms with Crippen molar-refractivity contribution in [2.45, 2.75) is 0 Å². The number of rotatable bonds is 3. The number of imidazole rings is 1. The number of hydrogen-bond donors (Lipinski definition) is 0. The third kappa shape index (κ3) is 3.25. The van der Waals surface area contributed by atoms with Gasteiger partial charge in [0.2, 0.25) is 0 Å². The standard InChI is InChI=1S/C20H18N6O/c21-13-16-5-4-8-23-19(16)24-9-11-25(12-10-24)20(27)18-14-22-15-26(18)17-6-2-1-3-7-17/h1-8,14-15H,9-12H2. The summed E-state index contributed by atoms with van der Waals surface area (Å²) in [6.45, 7) is 2.41. The third-order valence-electron chi connectivity index (χ3n) is 4.67. The molecule has 7 nitrogen and oxygen atoms in total. The van der Waals surface area contributed by atoms with Crippen molar-refractivity contribution < 1.29 is 4.79 Å². The molecule has 1 fully saturated rings. The molecule has 1 amide bonds. The number of amides is 1. The summed E-state index contributed by atoms with van der Waals surface area (Å²) in [5.41, 5.74) is 2.01. The molecule has 0 atom stereocenters. The van der Waals surface area contributed by atoms with E-state index < -0.39 is 0 Å². The lowest BCUT2D eigenvalue weighted by Gasteiger charge is -2.35. The number of carbonyl (C=O) groups is 1. The maximum atomic E-state index is 13.0. The van der Waals surface area contributed by atoms with E-state index in [1.165, 1.54) is 0 Å². The molecule has 0 N–H and O–H groups in total. The highest BCUT2D eigenvalue weighted by Gasteiger charge is 2.26. The minimum Gasteiger partial charge on any atom is -0.352 e. The zero-order valence-corrected chi connectivity index (χ0v) is 14.7. The van der Waals surface area contributed by atoms with Crippen molar-refractivity contribution in [3.63, 3.8) is 0 Å². The molecule has 7 heteroatoms. The second-order valence-corrected chi connectivity index (χ2v) is 6.25.